The minimum absolute atomic E-state index is 0.00184. The maximum absolute atomic E-state index is 12.0. The van der Waals surface area contributed by atoms with Crippen molar-refractivity contribution in [3.05, 3.63) is 95.3 Å². The van der Waals surface area contributed by atoms with E-state index in [9.17, 15) is 9.59 Å². The summed E-state index contributed by atoms with van der Waals surface area (Å²) in [6.45, 7) is 2.16. The number of ketones is 1. The Kier molecular flexibility index (Phi) is 6.52. The molecular weight excluding hydrogens is 354 g/mol. The average Bonchev–Trinajstić information content (AvgIpc) is 2.72. The van der Waals surface area contributed by atoms with Crippen LogP contribution < -0.4 is 4.74 Å². The molecule has 0 fully saturated rings. The van der Waals surface area contributed by atoms with Gasteiger partial charge in [-0.15, -0.1) is 0 Å². The molecule has 0 atom stereocenters. The van der Waals surface area contributed by atoms with Gasteiger partial charge in [-0.05, 0) is 36.2 Å². The fourth-order valence-electron chi connectivity index (χ4n) is 2.57. The lowest BCUT2D eigenvalue weighted by Gasteiger charge is -2.08. The fraction of sp³-hybridized carbons (Fsp3) is 0.174. The van der Waals surface area contributed by atoms with Gasteiger partial charge in [-0.1, -0.05) is 42.5 Å². The molecule has 0 spiro atoms. The molecule has 5 nitrogen and oxygen atoms in total. The van der Waals surface area contributed by atoms with Crippen molar-refractivity contribution in [3.63, 3.8) is 0 Å². The highest BCUT2D eigenvalue weighted by atomic mass is 16.5. The minimum atomic E-state index is -0.313. The van der Waals surface area contributed by atoms with E-state index < -0.39 is 0 Å². The van der Waals surface area contributed by atoms with Gasteiger partial charge >= 0.3 is 5.97 Å². The molecule has 0 saturated heterocycles. The third-order valence-electron chi connectivity index (χ3n) is 4.16. The lowest BCUT2D eigenvalue weighted by molar-refractivity contribution is -0.144. The number of Topliss-reactive ketones (excluding diaryl/α,β-unsaturated/α-hetero) is 1. The number of nitrogens with zero attached hydrogens (tertiary/aromatic N) is 1. The molecule has 0 amide bonds. The van der Waals surface area contributed by atoms with Crippen molar-refractivity contribution in [1.82, 2.24) is 4.98 Å². The van der Waals surface area contributed by atoms with E-state index in [1.165, 1.54) is 6.92 Å². The third kappa shape index (κ3) is 5.77. The quantitative estimate of drug-likeness (QED) is 0.437. The number of ether oxygens (including phenoxy) is 2. The lowest BCUT2D eigenvalue weighted by atomic mass is 10.1. The Morgan fingerprint density at radius 3 is 2.21 bits per heavy atom. The highest BCUT2D eigenvalue weighted by molar-refractivity contribution is 5.94. The summed E-state index contributed by atoms with van der Waals surface area (Å²) in [6, 6.07) is 18.2. The van der Waals surface area contributed by atoms with Gasteiger partial charge in [0.1, 0.15) is 19.0 Å². The van der Waals surface area contributed by atoms with Crippen LogP contribution in [0.4, 0.5) is 0 Å². The Bertz CT molecular complexity index is 919. The first-order valence-electron chi connectivity index (χ1n) is 8.96. The highest BCUT2D eigenvalue weighted by Crippen LogP contribution is 2.15. The molecule has 1 aromatic heterocycles. The molecule has 5 heteroatoms. The van der Waals surface area contributed by atoms with Crippen LogP contribution in [0.1, 0.15) is 34.0 Å². The number of esters is 1. The van der Waals surface area contributed by atoms with Gasteiger partial charge in [0, 0.05) is 23.5 Å². The first-order chi connectivity index (χ1) is 13.6. The second-order valence-corrected chi connectivity index (χ2v) is 6.38. The predicted octanol–water partition coefficient (Wildman–Crippen LogP) is 4.15. The topological polar surface area (TPSA) is 65.5 Å². The summed E-state index contributed by atoms with van der Waals surface area (Å²) in [4.78, 5) is 27.3. The third-order valence-corrected chi connectivity index (χ3v) is 4.16. The van der Waals surface area contributed by atoms with Crippen LogP contribution in [0.3, 0.4) is 0 Å². The van der Waals surface area contributed by atoms with Gasteiger partial charge in [-0.3, -0.25) is 14.6 Å². The van der Waals surface area contributed by atoms with Crippen molar-refractivity contribution in [2.24, 2.45) is 0 Å². The summed E-state index contributed by atoms with van der Waals surface area (Å²) in [6.07, 6.45) is 3.66. The number of hydrogen-bond donors (Lipinski definition) is 0. The number of rotatable bonds is 8. The maximum atomic E-state index is 12.0. The normalized spacial score (nSPS) is 10.3. The van der Waals surface area contributed by atoms with Gasteiger partial charge in [0.25, 0.3) is 0 Å². The summed E-state index contributed by atoms with van der Waals surface area (Å²) in [5, 5.41) is 0. The molecule has 28 heavy (non-hydrogen) atoms. The molecule has 0 saturated carbocycles. The molecular formula is C23H21NO4. The fourth-order valence-corrected chi connectivity index (χ4v) is 2.57. The van der Waals surface area contributed by atoms with E-state index >= 15 is 0 Å². The van der Waals surface area contributed by atoms with Crippen LogP contribution in [-0.2, 0) is 29.2 Å². The van der Waals surface area contributed by atoms with Crippen LogP contribution in [0.25, 0.3) is 0 Å². The molecule has 2 aromatic carbocycles. The zero-order chi connectivity index (χ0) is 19.8. The van der Waals surface area contributed by atoms with Gasteiger partial charge < -0.3 is 9.47 Å². The van der Waals surface area contributed by atoms with Crippen molar-refractivity contribution in [1.29, 1.82) is 0 Å². The summed E-state index contributed by atoms with van der Waals surface area (Å²) in [7, 11) is 0. The average molecular weight is 375 g/mol. The second kappa shape index (κ2) is 9.46. The van der Waals surface area contributed by atoms with Crippen molar-refractivity contribution < 1.29 is 19.1 Å². The smallest absolute Gasteiger partial charge is 0.310 e. The van der Waals surface area contributed by atoms with Crippen LogP contribution >= 0.6 is 0 Å². The summed E-state index contributed by atoms with van der Waals surface area (Å²) >= 11 is 0. The Balaban J connectivity index is 1.45. The maximum Gasteiger partial charge on any atom is 0.310 e. The van der Waals surface area contributed by atoms with Crippen molar-refractivity contribution in [2.75, 3.05) is 0 Å². The van der Waals surface area contributed by atoms with E-state index in [1.807, 2.05) is 36.4 Å². The molecule has 0 unspecified atom stereocenters. The van der Waals surface area contributed by atoms with Crippen LogP contribution in [-0.4, -0.2) is 16.7 Å². The van der Waals surface area contributed by atoms with Gasteiger partial charge in [-0.25, -0.2) is 0 Å². The van der Waals surface area contributed by atoms with Gasteiger partial charge in [0.2, 0.25) is 0 Å². The molecule has 3 aromatic rings. The van der Waals surface area contributed by atoms with Crippen LogP contribution in [0, 0.1) is 0 Å². The number of aromatic nitrogens is 1. The summed E-state index contributed by atoms with van der Waals surface area (Å²) in [5.74, 6) is 0.430. The number of pyridine rings is 1. The van der Waals surface area contributed by atoms with Crippen molar-refractivity contribution in [2.45, 2.75) is 26.6 Å². The second-order valence-electron chi connectivity index (χ2n) is 6.38. The Hall–Kier alpha value is -3.47. The van der Waals surface area contributed by atoms with Crippen LogP contribution in [0.5, 0.6) is 5.75 Å². The summed E-state index contributed by atoms with van der Waals surface area (Å²) in [5.41, 5.74) is 3.32. The van der Waals surface area contributed by atoms with Crippen LogP contribution in [0.2, 0.25) is 0 Å². The first kappa shape index (κ1) is 19.3. The largest absolute Gasteiger partial charge is 0.489 e. The molecule has 0 radical (unpaired) electrons. The van der Waals surface area contributed by atoms with Gasteiger partial charge in [0.15, 0.2) is 5.78 Å². The van der Waals surface area contributed by atoms with E-state index in [0.29, 0.717) is 12.2 Å². The van der Waals surface area contributed by atoms with E-state index in [0.717, 1.165) is 22.4 Å². The Morgan fingerprint density at radius 2 is 1.57 bits per heavy atom. The molecule has 0 aliphatic carbocycles. The number of carbonyl (C=O) groups excluding carboxylic acids is 2. The highest BCUT2D eigenvalue weighted by Gasteiger charge is 2.07. The monoisotopic (exact) mass is 375 g/mol. The van der Waals surface area contributed by atoms with E-state index in [2.05, 4.69) is 4.98 Å². The van der Waals surface area contributed by atoms with Crippen molar-refractivity contribution in [3.8, 4) is 5.75 Å². The van der Waals surface area contributed by atoms with Gasteiger partial charge in [-0.2, -0.15) is 0 Å². The first-order valence-corrected chi connectivity index (χ1v) is 8.96. The minimum Gasteiger partial charge on any atom is -0.489 e. The van der Waals surface area contributed by atoms with Crippen molar-refractivity contribution >= 4 is 11.8 Å². The van der Waals surface area contributed by atoms with Crippen LogP contribution in [0.15, 0.2) is 73.1 Å². The zero-order valence-corrected chi connectivity index (χ0v) is 15.6. The van der Waals surface area contributed by atoms with E-state index in [1.54, 1.807) is 36.7 Å². The molecule has 0 aliphatic heterocycles. The number of carbonyl (C=O) groups is 2. The molecule has 0 N–H and O–H groups in total. The molecule has 3 rings (SSSR count). The molecule has 1 heterocycles. The summed E-state index contributed by atoms with van der Waals surface area (Å²) < 4.78 is 11.0. The SMILES string of the molecule is CC(=O)c1ccc(CC(=O)OCc2ccc(OCc3cccnc3)cc2)cc1. The lowest BCUT2D eigenvalue weighted by Crippen LogP contribution is -2.08. The molecule has 142 valence electrons. The standard InChI is InChI=1S/C23H21NO4/c1-17(25)21-8-4-18(5-9-21)13-23(26)28-15-19-6-10-22(11-7-19)27-16-20-3-2-12-24-14-20/h2-12,14H,13,15-16H2,1H3. The number of hydrogen-bond acceptors (Lipinski definition) is 5. The zero-order valence-electron chi connectivity index (χ0n) is 15.6. The Morgan fingerprint density at radius 1 is 0.857 bits per heavy atom. The molecule has 0 bridgehead atoms. The van der Waals surface area contributed by atoms with E-state index in [4.69, 9.17) is 9.47 Å². The molecule has 0 aliphatic rings. The predicted molar refractivity (Wildman–Crippen MR) is 105 cm³/mol. The van der Waals surface area contributed by atoms with E-state index in [-0.39, 0.29) is 24.8 Å². The number of benzene rings is 2. The van der Waals surface area contributed by atoms with Gasteiger partial charge in [0.05, 0.1) is 6.42 Å². The Labute approximate surface area is 164 Å².